The molecule has 0 spiro atoms. The van der Waals surface area contributed by atoms with Gasteiger partial charge in [0.05, 0.1) is 5.92 Å². The number of hydrogen-bond donors (Lipinski definition) is 2. The van der Waals surface area contributed by atoms with E-state index >= 15 is 0 Å². The van der Waals surface area contributed by atoms with Gasteiger partial charge in [0.1, 0.15) is 0 Å². The second kappa shape index (κ2) is 6.11. The molecule has 0 aromatic rings. The minimum absolute atomic E-state index is 0.0261. The lowest BCUT2D eigenvalue weighted by Gasteiger charge is -2.38. The predicted molar refractivity (Wildman–Crippen MR) is 73.1 cm³/mol. The first-order chi connectivity index (χ1) is 9.58. The second-order valence-corrected chi connectivity index (χ2v) is 5.43. The highest BCUT2D eigenvalue weighted by atomic mass is 16.4. The topological polar surface area (TPSA) is 99.2 Å². The van der Waals surface area contributed by atoms with Crippen LogP contribution in [0.4, 0.5) is 0 Å². The Hall–Kier alpha value is -1.79. The van der Waals surface area contributed by atoms with Crippen molar-refractivity contribution in [3.8, 4) is 0 Å². The molecule has 2 aliphatic rings. The molecule has 0 radical (unpaired) electrons. The Bertz CT molecular complexity index is 424. The summed E-state index contributed by atoms with van der Waals surface area (Å²) in [4.78, 5) is 27.7. The van der Waals surface area contributed by atoms with Crippen LogP contribution in [-0.4, -0.2) is 58.3 Å². The molecule has 112 valence electrons. The van der Waals surface area contributed by atoms with Crippen LogP contribution in [0.3, 0.4) is 0 Å². The summed E-state index contributed by atoms with van der Waals surface area (Å²) in [7, 11) is 0. The van der Waals surface area contributed by atoms with E-state index in [1.807, 2.05) is 11.8 Å². The van der Waals surface area contributed by atoms with Gasteiger partial charge in [-0.2, -0.15) is 0 Å². The first-order valence-electron chi connectivity index (χ1n) is 7.14. The van der Waals surface area contributed by atoms with Gasteiger partial charge < -0.3 is 20.7 Å². The molecule has 2 amide bonds. The highest BCUT2D eigenvalue weighted by Gasteiger charge is 2.38. The quantitative estimate of drug-likeness (QED) is 0.328. The van der Waals surface area contributed by atoms with Crippen LogP contribution in [-0.2, 0) is 9.59 Å². The highest BCUT2D eigenvalue weighted by Crippen LogP contribution is 2.24. The normalized spacial score (nSPS) is 24.8. The molecule has 20 heavy (non-hydrogen) atoms. The van der Waals surface area contributed by atoms with E-state index in [1.165, 1.54) is 0 Å². The van der Waals surface area contributed by atoms with E-state index in [9.17, 15) is 9.59 Å². The highest BCUT2D eigenvalue weighted by molar-refractivity contribution is 6.02. The number of piperazine rings is 1. The van der Waals surface area contributed by atoms with Crippen LogP contribution in [0.5, 0.6) is 0 Å². The maximum atomic E-state index is 12.5. The molecule has 3 N–H and O–H groups in total. The largest absolute Gasteiger partial charge is 0.409 e. The van der Waals surface area contributed by atoms with Crippen LogP contribution in [0.1, 0.15) is 32.6 Å². The molecule has 7 heteroatoms. The van der Waals surface area contributed by atoms with Gasteiger partial charge in [0, 0.05) is 32.1 Å². The Morgan fingerprint density at radius 2 is 2.30 bits per heavy atom. The summed E-state index contributed by atoms with van der Waals surface area (Å²) < 4.78 is 0. The van der Waals surface area contributed by atoms with E-state index < -0.39 is 5.92 Å². The maximum absolute atomic E-state index is 12.5. The number of fused-ring (bicyclic) bond motifs is 1. The van der Waals surface area contributed by atoms with E-state index in [-0.39, 0.29) is 23.7 Å². The minimum Gasteiger partial charge on any atom is -0.409 e. The summed E-state index contributed by atoms with van der Waals surface area (Å²) in [6.45, 7) is 3.63. The standard InChI is InChI=1S/C13H22N4O3/c1-2-3-10(12(14)15-20)13(19)16-6-7-17-9(8-16)4-5-11(17)18/h9-10,20H,2-8H2,1H3,(H2,14,15). The Labute approximate surface area is 118 Å². The van der Waals surface area contributed by atoms with E-state index in [1.54, 1.807) is 4.90 Å². The zero-order valence-corrected chi connectivity index (χ0v) is 11.8. The molecule has 2 fully saturated rings. The molecule has 0 aliphatic carbocycles. The molecule has 0 bridgehead atoms. The van der Waals surface area contributed by atoms with E-state index in [0.717, 1.165) is 12.8 Å². The summed E-state index contributed by atoms with van der Waals surface area (Å²) in [6.07, 6.45) is 2.74. The average Bonchev–Trinajstić information content (AvgIpc) is 2.84. The summed E-state index contributed by atoms with van der Waals surface area (Å²) in [5.74, 6) is -0.500. The summed E-state index contributed by atoms with van der Waals surface area (Å²) in [6, 6.07) is 0.134. The van der Waals surface area contributed by atoms with Crippen molar-refractivity contribution in [2.45, 2.75) is 38.6 Å². The fraction of sp³-hybridized carbons (Fsp3) is 0.769. The second-order valence-electron chi connectivity index (χ2n) is 5.43. The SMILES string of the molecule is CCCC(C(=O)N1CCN2C(=O)CCC2C1)C(N)=NO. The number of oxime groups is 1. The van der Waals surface area contributed by atoms with Crippen molar-refractivity contribution in [1.82, 2.24) is 9.80 Å². The Morgan fingerprint density at radius 1 is 1.55 bits per heavy atom. The maximum Gasteiger partial charge on any atom is 0.233 e. The van der Waals surface area contributed by atoms with Gasteiger partial charge in [-0.15, -0.1) is 0 Å². The van der Waals surface area contributed by atoms with Crippen LogP contribution in [0.2, 0.25) is 0 Å². The molecule has 2 aliphatic heterocycles. The molecular weight excluding hydrogens is 260 g/mol. The number of nitrogens with two attached hydrogens (primary N) is 1. The molecule has 7 nitrogen and oxygen atoms in total. The van der Waals surface area contributed by atoms with Crippen LogP contribution >= 0.6 is 0 Å². The van der Waals surface area contributed by atoms with Crippen molar-refractivity contribution in [2.24, 2.45) is 16.8 Å². The molecule has 2 atom stereocenters. The minimum atomic E-state index is -0.561. The zero-order valence-electron chi connectivity index (χ0n) is 11.8. The van der Waals surface area contributed by atoms with Crippen molar-refractivity contribution in [3.05, 3.63) is 0 Å². The molecule has 0 saturated carbocycles. The zero-order chi connectivity index (χ0) is 14.7. The number of amidine groups is 1. The molecule has 2 rings (SSSR count). The van der Waals surface area contributed by atoms with Crippen molar-refractivity contribution in [3.63, 3.8) is 0 Å². The number of amides is 2. The third-order valence-corrected chi connectivity index (χ3v) is 4.15. The van der Waals surface area contributed by atoms with Crippen LogP contribution < -0.4 is 5.73 Å². The van der Waals surface area contributed by atoms with E-state index in [0.29, 0.717) is 32.5 Å². The van der Waals surface area contributed by atoms with Gasteiger partial charge in [0.15, 0.2) is 5.84 Å². The third kappa shape index (κ3) is 2.71. The number of hydrogen-bond acceptors (Lipinski definition) is 4. The number of nitrogens with zero attached hydrogens (tertiary/aromatic N) is 3. The van der Waals surface area contributed by atoms with Crippen molar-refractivity contribution in [1.29, 1.82) is 0 Å². The Balaban J connectivity index is 2.03. The number of rotatable bonds is 4. The fourth-order valence-electron chi connectivity index (χ4n) is 3.04. The molecule has 2 heterocycles. The molecule has 0 aromatic carbocycles. The molecule has 2 unspecified atom stereocenters. The molecule has 2 saturated heterocycles. The smallest absolute Gasteiger partial charge is 0.233 e. The lowest BCUT2D eigenvalue weighted by molar-refractivity contribution is -0.140. The predicted octanol–water partition coefficient (Wildman–Crippen LogP) is -0.0177. The summed E-state index contributed by atoms with van der Waals surface area (Å²) >= 11 is 0. The summed E-state index contributed by atoms with van der Waals surface area (Å²) in [5, 5.41) is 11.8. The van der Waals surface area contributed by atoms with Crippen LogP contribution in [0.15, 0.2) is 5.16 Å². The lowest BCUT2D eigenvalue weighted by atomic mass is 9.99. The van der Waals surface area contributed by atoms with Gasteiger partial charge in [0.2, 0.25) is 11.8 Å². The van der Waals surface area contributed by atoms with Gasteiger partial charge >= 0.3 is 0 Å². The van der Waals surface area contributed by atoms with Crippen molar-refractivity contribution < 1.29 is 14.8 Å². The van der Waals surface area contributed by atoms with Gasteiger partial charge in [-0.25, -0.2) is 0 Å². The van der Waals surface area contributed by atoms with Crippen LogP contribution in [0.25, 0.3) is 0 Å². The van der Waals surface area contributed by atoms with Crippen LogP contribution in [0, 0.1) is 5.92 Å². The molecular formula is C13H22N4O3. The Morgan fingerprint density at radius 3 is 2.95 bits per heavy atom. The van der Waals surface area contributed by atoms with E-state index in [2.05, 4.69) is 5.16 Å². The van der Waals surface area contributed by atoms with Crippen molar-refractivity contribution >= 4 is 17.6 Å². The van der Waals surface area contributed by atoms with Gasteiger partial charge in [-0.3, -0.25) is 9.59 Å². The summed E-state index contributed by atoms with van der Waals surface area (Å²) in [5.41, 5.74) is 5.63. The first kappa shape index (κ1) is 14.6. The third-order valence-electron chi connectivity index (χ3n) is 4.15. The lowest BCUT2D eigenvalue weighted by Crippen LogP contribution is -2.55. The van der Waals surface area contributed by atoms with Gasteiger partial charge in [0.25, 0.3) is 0 Å². The van der Waals surface area contributed by atoms with Gasteiger partial charge in [-0.1, -0.05) is 18.5 Å². The fourth-order valence-corrected chi connectivity index (χ4v) is 3.04. The average molecular weight is 282 g/mol. The first-order valence-corrected chi connectivity index (χ1v) is 7.14. The Kier molecular flexibility index (Phi) is 4.46. The number of carbonyl (C=O) groups is 2. The number of carbonyl (C=O) groups excluding carboxylic acids is 2. The van der Waals surface area contributed by atoms with Gasteiger partial charge in [-0.05, 0) is 12.8 Å². The molecule has 0 aromatic heterocycles. The monoisotopic (exact) mass is 282 g/mol. The van der Waals surface area contributed by atoms with Crippen molar-refractivity contribution in [2.75, 3.05) is 19.6 Å². The van der Waals surface area contributed by atoms with E-state index in [4.69, 9.17) is 10.9 Å².